The van der Waals surface area contributed by atoms with Crippen LogP contribution in [0.2, 0.25) is 0 Å². The predicted octanol–water partition coefficient (Wildman–Crippen LogP) is 4.25. The van der Waals surface area contributed by atoms with Crippen molar-refractivity contribution in [1.82, 2.24) is 10.3 Å². The van der Waals surface area contributed by atoms with Gasteiger partial charge in [0.1, 0.15) is 10.8 Å². The van der Waals surface area contributed by atoms with E-state index >= 15 is 0 Å². The number of nitrogens with zero attached hydrogens (tertiary/aromatic N) is 1. The first kappa shape index (κ1) is 13.1. The van der Waals surface area contributed by atoms with Crippen molar-refractivity contribution in [3.05, 3.63) is 64.9 Å². The van der Waals surface area contributed by atoms with Crippen molar-refractivity contribution in [2.24, 2.45) is 0 Å². The fourth-order valence-electron chi connectivity index (χ4n) is 2.01. The van der Waals surface area contributed by atoms with Gasteiger partial charge in [-0.2, -0.15) is 0 Å². The van der Waals surface area contributed by atoms with E-state index in [1.54, 1.807) is 17.6 Å². The van der Waals surface area contributed by atoms with E-state index in [1.807, 2.05) is 30.3 Å². The second-order valence-electron chi connectivity index (χ2n) is 4.61. The van der Waals surface area contributed by atoms with Crippen LogP contribution in [0.15, 0.2) is 58.5 Å². The topological polar surface area (TPSA) is 38.1 Å². The van der Waals surface area contributed by atoms with Crippen molar-refractivity contribution >= 4 is 11.3 Å². The van der Waals surface area contributed by atoms with E-state index in [9.17, 15) is 0 Å². The molecule has 0 amide bonds. The average molecular weight is 284 g/mol. The number of aromatic nitrogens is 1. The Labute approximate surface area is 122 Å². The van der Waals surface area contributed by atoms with E-state index in [2.05, 4.69) is 34.7 Å². The summed E-state index contributed by atoms with van der Waals surface area (Å²) in [6.45, 7) is 2.84. The van der Waals surface area contributed by atoms with Crippen molar-refractivity contribution in [3.8, 4) is 11.3 Å². The summed E-state index contributed by atoms with van der Waals surface area (Å²) in [6.07, 6.45) is 1.70. The van der Waals surface area contributed by atoms with Gasteiger partial charge in [-0.05, 0) is 19.1 Å². The molecule has 3 aromatic rings. The van der Waals surface area contributed by atoms with Crippen LogP contribution in [0.3, 0.4) is 0 Å². The Morgan fingerprint density at radius 2 is 2.05 bits per heavy atom. The van der Waals surface area contributed by atoms with Gasteiger partial charge >= 0.3 is 0 Å². The van der Waals surface area contributed by atoms with Crippen molar-refractivity contribution in [3.63, 3.8) is 0 Å². The SMILES string of the molecule is CC(NCc1nc(-c2ccccc2)cs1)c1ccco1. The fraction of sp³-hybridized carbons (Fsp3) is 0.188. The summed E-state index contributed by atoms with van der Waals surface area (Å²) in [7, 11) is 0. The van der Waals surface area contributed by atoms with Crippen molar-refractivity contribution in [2.75, 3.05) is 0 Å². The molecule has 1 N–H and O–H groups in total. The Hall–Kier alpha value is -1.91. The lowest BCUT2D eigenvalue weighted by atomic mass is 10.2. The predicted molar refractivity (Wildman–Crippen MR) is 81.5 cm³/mol. The highest BCUT2D eigenvalue weighted by molar-refractivity contribution is 7.09. The molecule has 4 heteroatoms. The van der Waals surface area contributed by atoms with E-state index < -0.39 is 0 Å². The van der Waals surface area contributed by atoms with E-state index in [1.165, 1.54) is 0 Å². The highest BCUT2D eigenvalue weighted by Crippen LogP contribution is 2.22. The van der Waals surface area contributed by atoms with Gasteiger partial charge in [-0.25, -0.2) is 4.98 Å². The van der Waals surface area contributed by atoms with Gasteiger partial charge in [-0.1, -0.05) is 30.3 Å². The highest BCUT2D eigenvalue weighted by atomic mass is 32.1. The molecule has 0 fully saturated rings. The number of hydrogen-bond donors (Lipinski definition) is 1. The van der Waals surface area contributed by atoms with Gasteiger partial charge in [0.25, 0.3) is 0 Å². The van der Waals surface area contributed by atoms with E-state index in [4.69, 9.17) is 4.42 Å². The summed E-state index contributed by atoms with van der Waals surface area (Å²) in [6, 6.07) is 14.3. The molecule has 0 aliphatic rings. The summed E-state index contributed by atoms with van der Waals surface area (Å²) in [5.74, 6) is 0.949. The molecule has 0 aliphatic carbocycles. The summed E-state index contributed by atoms with van der Waals surface area (Å²) >= 11 is 1.68. The zero-order valence-electron chi connectivity index (χ0n) is 11.2. The summed E-state index contributed by atoms with van der Waals surface area (Å²) in [5.41, 5.74) is 2.20. The molecule has 3 nitrogen and oxygen atoms in total. The van der Waals surface area contributed by atoms with E-state index in [0.29, 0.717) is 0 Å². The number of rotatable bonds is 5. The average Bonchev–Trinajstić information content (AvgIpc) is 3.17. The van der Waals surface area contributed by atoms with Gasteiger partial charge < -0.3 is 9.73 Å². The standard InChI is InChI=1S/C16H16N2OS/c1-12(15-8-5-9-19-15)17-10-16-18-14(11-20-16)13-6-3-2-4-7-13/h2-9,11-12,17H,10H2,1H3. The third-order valence-corrected chi connectivity index (χ3v) is 4.00. The van der Waals surface area contributed by atoms with Crippen LogP contribution in [0.1, 0.15) is 23.7 Å². The summed E-state index contributed by atoms with van der Waals surface area (Å²) in [4.78, 5) is 4.66. The van der Waals surface area contributed by atoms with Gasteiger partial charge in [0.15, 0.2) is 0 Å². The Bertz CT molecular complexity index is 646. The fourth-order valence-corrected chi connectivity index (χ4v) is 2.77. The minimum Gasteiger partial charge on any atom is -0.468 e. The van der Waals surface area contributed by atoms with Crippen molar-refractivity contribution in [2.45, 2.75) is 19.5 Å². The Kier molecular flexibility index (Phi) is 3.95. The molecule has 1 aromatic carbocycles. The minimum absolute atomic E-state index is 0.189. The number of hydrogen-bond acceptors (Lipinski definition) is 4. The van der Waals surface area contributed by atoms with Crippen molar-refractivity contribution < 1.29 is 4.42 Å². The summed E-state index contributed by atoms with van der Waals surface area (Å²) < 4.78 is 5.38. The molecule has 0 saturated carbocycles. The largest absolute Gasteiger partial charge is 0.468 e. The van der Waals surface area contributed by atoms with E-state index in [0.717, 1.165) is 28.6 Å². The molecule has 0 spiro atoms. The molecule has 2 aromatic heterocycles. The van der Waals surface area contributed by atoms with E-state index in [-0.39, 0.29) is 6.04 Å². The molecule has 20 heavy (non-hydrogen) atoms. The van der Waals surface area contributed by atoms with Crippen LogP contribution in [0, 0.1) is 0 Å². The van der Waals surface area contributed by atoms with Crippen LogP contribution >= 0.6 is 11.3 Å². The molecule has 102 valence electrons. The second kappa shape index (κ2) is 6.03. The zero-order chi connectivity index (χ0) is 13.8. The summed E-state index contributed by atoms with van der Waals surface area (Å²) in [5, 5.41) is 6.61. The maximum absolute atomic E-state index is 5.38. The van der Waals surface area contributed by atoms with Gasteiger partial charge in [0, 0.05) is 17.5 Å². The van der Waals surface area contributed by atoms with Crippen LogP contribution < -0.4 is 5.32 Å². The van der Waals surface area contributed by atoms with Crippen LogP contribution in [-0.4, -0.2) is 4.98 Å². The molecule has 3 rings (SSSR count). The third-order valence-electron chi connectivity index (χ3n) is 3.15. The first-order valence-corrected chi connectivity index (χ1v) is 7.47. The quantitative estimate of drug-likeness (QED) is 0.761. The monoisotopic (exact) mass is 284 g/mol. The first-order chi connectivity index (χ1) is 9.83. The van der Waals surface area contributed by atoms with Gasteiger partial charge in [-0.15, -0.1) is 11.3 Å². The number of thiazole rings is 1. The maximum Gasteiger partial charge on any atom is 0.120 e. The maximum atomic E-state index is 5.38. The third kappa shape index (κ3) is 2.98. The van der Waals surface area contributed by atoms with Crippen LogP contribution in [0.5, 0.6) is 0 Å². The molecular formula is C16H16N2OS. The first-order valence-electron chi connectivity index (χ1n) is 6.59. The number of furan rings is 1. The van der Waals surface area contributed by atoms with Gasteiger partial charge in [0.2, 0.25) is 0 Å². The Balaban J connectivity index is 1.63. The lowest BCUT2D eigenvalue weighted by Crippen LogP contribution is -2.17. The molecule has 1 unspecified atom stereocenters. The molecule has 0 bridgehead atoms. The Morgan fingerprint density at radius 3 is 2.80 bits per heavy atom. The van der Waals surface area contributed by atoms with Gasteiger partial charge in [0.05, 0.1) is 18.0 Å². The lowest BCUT2D eigenvalue weighted by Gasteiger charge is -2.09. The number of nitrogens with one attached hydrogen (secondary N) is 1. The van der Waals surface area contributed by atoms with Crippen molar-refractivity contribution in [1.29, 1.82) is 0 Å². The Morgan fingerprint density at radius 1 is 1.20 bits per heavy atom. The molecule has 2 heterocycles. The number of benzene rings is 1. The lowest BCUT2D eigenvalue weighted by molar-refractivity contribution is 0.430. The van der Waals surface area contributed by atoms with Crippen LogP contribution in [0.4, 0.5) is 0 Å². The second-order valence-corrected chi connectivity index (χ2v) is 5.55. The highest BCUT2D eigenvalue weighted by Gasteiger charge is 2.09. The van der Waals surface area contributed by atoms with Crippen LogP contribution in [-0.2, 0) is 6.54 Å². The molecule has 0 aliphatic heterocycles. The minimum atomic E-state index is 0.189. The van der Waals surface area contributed by atoms with Crippen LogP contribution in [0.25, 0.3) is 11.3 Å². The zero-order valence-corrected chi connectivity index (χ0v) is 12.1. The molecular weight excluding hydrogens is 268 g/mol. The smallest absolute Gasteiger partial charge is 0.120 e. The normalized spacial score (nSPS) is 12.4. The molecule has 0 saturated heterocycles. The molecule has 1 atom stereocenters. The van der Waals surface area contributed by atoms with Gasteiger partial charge in [-0.3, -0.25) is 0 Å². The molecule has 0 radical (unpaired) electrons.